The number of alkyl halides is 1. The Kier molecular flexibility index (Phi) is 6.86. The molecule has 0 atom stereocenters. The van der Waals surface area contributed by atoms with Crippen molar-refractivity contribution in [2.24, 2.45) is 0 Å². The van der Waals surface area contributed by atoms with Gasteiger partial charge in [0.2, 0.25) is 0 Å². The Morgan fingerprint density at radius 1 is 0.641 bits per heavy atom. The Balaban J connectivity index is 1.68. The summed E-state index contributed by atoms with van der Waals surface area (Å²) in [6, 6.07) is 43.5. The Bertz CT molecular complexity index is 1590. The molecule has 1 aromatic heterocycles. The lowest BCUT2D eigenvalue weighted by Crippen LogP contribution is -2.39. The Hall–Kier alpha value is -4.42. The van der Waals surface area contributed by atoms with Gasteiger partial charge in [-0.3, -0.25) is 0 Å². The van der Waals surface area contributed by atoms with E-state index in [0.717, 1.165) is 38.7 Å². The van der Waals surface area contributed by atoms with E-state index in [9.17, 15) is 4.39 Å². The molecule has 0 fully saturated rings. The van der Waals surface area contributed by atoms with Crippen molar-refractivity contribution < 1.29 is 4.39 Å². The molecule has 0 bridgehead atoms. The van der Waals surface area contributed by atoms with Crippen LogP contribution in [0.1, 0.15) is 22.3 Å². The smallest absolute Gasteiger partial charge is 0.184 e. The molecule has 0 aliphatic rings. The van der Waals surface area contributed by atoms with Gasteiger partial charge in [-0.05, 0) is 55.9 Å². The van der Waals surface area contributed by atoms with Crippen molar-refractivity contribution in [2.75, 3.05) is 0 Å². The molecule has 4 nitrogen and oxygen atoms in total. The van der Waals surface area contributed by atoms with E-state index in [2.05, 4.69) is 80.0 Å². The van der Waals surface area contributed by atoms with Crippen LogP contribution in [0.2, 0.25) is 0 Å². The highest BCUT2D eigenvalue weighted by atomic mass is 79.9. The number of aromatic nitrogens is 4. The summed E-state index contributed by atoms with van der Waals surface area (Å²) < 4.78 is 16.7. The van der Waals surface area contributed by atoms with Gasteiger partial charge in [-0.15, -0.1) is 5.10 Å². The molecule has 0 unspecified atom stereocenters. The van der Waals surface area contributed by atoms with Crippen molar-refractivity contribution in [2.45, 2.75) is 10.9 Å². The van der Waals surface area contributed by atoms with Crippen LogP contribution in [-0.4, -0.2) is 20.2 Å². The minimum atomic E-state index is -0.925. The first kappa shape index (κ1) is 24.9. The van der Waals surface area contributed by atoms with Gasteiger partial charge in [0.1, 0.15) is 11.4 Å². The van der Waals surface area contributed by atoms with E-state index in [-0.39, 0.29) is 5.82 Å². The predicted octanol–water partition coefficient (Wildman–Crippen LogP) is 7.88. The summed E-state index contributed by atoms with van der Waals surface area (Å²) in [5.74, 6) is 0.107. The summed E-state index contributed by atoms with van der Waals surface area (Å²) in [6.07, 6.45) is 0. The van der Waals surface area contributed by atoms with E-state index in [4.69, 9.17) is 0 Å². The first-order chi connectivity index (χ1) is 19.2. The standard InChI is InChI=1S/C33H24BrFN4/c34-23-24-16-18-25(19-17-24)30-21-20-29(35)22-31(30)32-36-37-38-39(32)33(26-10-4-1-5-11-26,27-12-6-2-7-13-27)28-14-8-3-9-15-28/h1-22H,23H2. The van der Waals surface area contributed by atoms with E-state index < -0.39 is 5.54 Å². The zero-order valence-corrected chi connectivity index (χ0v) is 22.5. The zero-order valence-electron chi connectivity index (χ0n) is 21.0. The van der Waals surface area contributed by atoms with Gasteiger partial charge in [-0.25, -0.2) is 9.07 Å². The number of nitrogens with zero attached hydrogens (tertiary/aromatic N) is 4. The molecule has 0 aliphatic carbocycles. The van der Waals surface area contributed by atoms with Crippen LogP contribution < -0.4 is 0 Å². The lowest BCUT2D eigenvalue weighted by molar-refractivity contribution is 0.451. The Morgan fingerprint density at radius 3 is 1.69 bits per heavy atom. The molecular formula is C33H24BrFN4. The maximum atomic E-state index is 14.9. The fourth-order valence-electron chi connectivity index (χ4n) is 5.21. The number of rotatable bonds is 7. The molecule has 0 spiro atoms. The average Bonchev–Trinajstić information content (AvgIpc) is 3.49. The molecule has 39 heavy (non-hydrogen) atoms. The Morgan fingerprint density at radius 2 is 1.18 bits per heavy atom. The largest absolute Gasteiger partial charge is 0.207 e. The topological polar surface area (TPSA) is 43.6 Å². The van der Waals surface area contributed by atoms with Crippen molar-refractivity contribution in [3.8, 4) is 22.5 Å². The van der Waals surface area contributed by atoms with E-state index in [1.165, 1.54) is 12.1 Å². The normalized spacial score (nSPS) is 11.4. The minimum absolute atomic E-state index is 0.356. The van der Waals surface area contributed by atoms with Crippen LogP contribution in [0.4, 0.5) is 4.39 Å². The maximum Gasteiger partial charge on any atom is 0.184 e. The molecule has 0 radical (unpaired) electrons. The summed E-state index contributed by atoms with van der Waals surface area (Å²) >= 11 is 3.51. The molecule has 6 heteroatoms. The molecule has 5 aromatic carbocycles. The van der Waals surface area contributed by atoms with Crippen LogP contribution in [-0.2, 0) is 10.9 Å². The van der Waals surface area contributed by atoms with Gasteiger partial charge in [-0.2, -0.15) is 0 Å². The van der Waals surface area contributed by atoms with Gasteiger partial charge in [-0.1, -0.05) is 137 Å². The number of hydrogen-bond donors (Lipinski definition) is 0. The molecule has 6 rings (SSSR count). The van der Waals surface area contributed by atoms with Gasteiger partial charge in [0.15, 0.2) is 5.82 Å². The van der Waals surface area contributed by atoms with Gasteiger partial charge < -0.3 is 0 Å². The lowest BCUT2D eigenvalue weighted by Gasteiger charge is -2.36. The molecule has 6 aromatic rings. The third-order valence-corrected chi connectivity index (χ3v) is 7.65. The second kappa shape index (κ2) is 10.8. The van der Waals surface area contributed by atoms with Crippen molar-refractivity contribution in [1.29, 1.82) is 0 Å². The summed E-state index contributed by atoms with van der Waals surface area (Å²) in [5.41, 5.74) is 5.58. The second-order valence-electron chi connectivity index (χ2n) is 9.24. The molecule has 190 valence electrons. The van der Waals surface area contributed by atoms with Crippen molar-refractivity contribution in [1.82, 2.24) is 20.2 Å². The molecule has 0 saturated carbocycles. The number of halogens is 2. The molecule has 0 aliphatic heterocycles. The van der Waals surface area contributed by atoms with Crippen molar-refractivity contribution in [3.05, 3.63) is 162 Å². The fourth-order valence-corrected chi connectivity index (χ4v) is 5.59. The second-order valence-corrected chi connectivity index (χ2v) is 9.80. The lowest BCUT2D eigenvalue weighted by atomic mass is 9.77. The zero-order chi connectivity index (χ0) is 26.7. The summed E-state index contributed by atoms with van der Waals surface area (Å²) in [7, 11) is 0. The third-order valence-electron chi connectivity index (χ3n) is 7.00. The third kappa shape index (κ3) is 4.47. The Labute approximate surface area is 234 Å². The molecule has 0 amide bonds. The fraction of sp³-hybridized carbons (Fsp3) is 0.0606. The van der Waals surface area contributed by atoms with Crippen molar-refractivity contribution >= 4 is 15.9 Å². The summed E-state index contributed by atoms with van der Waals surface area (Å²) in [6.45, 7) is 0. The van der Waals surface area contributed by atoms with E-state index in [1.54, 1.807) is 6.07 Å². The van der Waals surface area contributed by atoms with Crippen LogP contribution in [0.5, 0.6) is 0 Å². The highest BCUT2D eigenvalue weighted by Gasteiger charge is 2.42. The van der Waals surface area contributed by atoms with Crippen LogP contribution in [0.25, 0.3) is 22.5 Å². The van der Waals surface area contributed by atoms with Gasteiger partial charge in [0, 0.05) is 10.9 Å². The SMILES string of the molecule is Fc1ccc(-c2ccc(CBr)cc2)c(-c2nnnn2C(c2ccccc2)(c2ccccc2)c2ccccc2)c1. The first-order valence-corrected chi connectivity index (χ1v) is 13.7. The van der Waals surface area contributed by atoms with E-state index >= 15 is 0 Å². The van der Waals surface area contributed by atoms with E-state index in [0.29, 0.717) is 11.4 Å². The number of benzene rings is 5. The number of tetrazole rings is 1. The van der Waals surface area contributed by atoms with Gasteiger partial charge in [0.05, 0.1) is 0 Å². The average molecular weight is 575 g/mol. The summed E-state index contributed by atoms with van der Waals surface area (Å²) in [5, 5.41) is 14.1. The highest BCUT2D eigenvalue weighted by Crippen LogP contribution is 2.43. The monoisotopic (exact) mass is 574 g/mol. The highest BCUT2D eigenvalue weighted by molar-refractivity contribution is 9.08. The summed E-state index contributed by atoms with van der Waals surface area (Å²) in [4.78, 5) is 0. The van der Waals surface area contributed by atoms with Gasteiger partial charge >= 0.3 is 0 Å². The van der Waals surface area contributed by atoms with Crippen LogP contribution in [0.15, 0.2) is 133 Å². The van der Waals surface area contributed by atoms with Crippen LogP contribution >= 0.6 is 15.9 Å². The molecular weight excluding hydrogens is 551 g/mol. The molecule has 0 saturated heterocycles. The molecule has 0 N–H and O–H groups in total. The predicted molar refractivity (Wildman–Crippen MR) is 156 cm³/mol. The first-order valence-electron chi connectivity index (χ1n) is 12.6. The van der Waals surface area contributed by atoms with Crippen LogP contribution in [0.3, 0.4) is 0 Å². The van der Waals surface area contributed by atoms with E-state index in [1.807, 2.05) is 71.4 Å². The van der Waals surface area contributed by atoms with Crippen molar-refractivity contribution in [3.63, 3.8) is 0 Å². The maximum absolute atomic E-state index is 14.9. The molecule has 1 heterocycles. The van der Waals surface area contributed by atoms with Crippen LogP contribution in [0, 0.1) is 5.82 Å². The quantitative estimate of drug-likeness (QED) is 0.144. The van der Waals surface area contributed by atoms with Gasteiger partial charge in [0.25, 0.3) is 0 Å². The number of hydrogen-bond acceptors (Lipinski definition) is 3. The minimum Gasteiger partial charge on any atom is -0.207 e.